The van der Waals surface area contributed by atoms with E-state index >= 15 is 0 Å². The fraction of sp³-hybridized carbons (Fsp3) is 0.520. The Balaban J connectivity index is 1.31. The van der Waals surface area contributed by atoms with Gasteiger partial charge in [-0.25, -0.2) is 19.6 Å². The maximum absolute atomic E-state index is 12.7. The quantitative estimate of drug-likeness (QED) is 0.568. The zero-order chi connectivity index (χ0) is 24.7. The van der Waals surface area contributed by atoms with E-state index in [2.05, 4.69) is 20.1 Å². The third kappa shape index (κ3) is 5.00. The second-order valence-electron chi connectivity index (χ2n) is 10.0. The third-order valence-corrected chi connectivity index (χ3v) is 7.47. The summed E-state index contributed by atoms with van der Waals surface area (Å²) in [5, 5.41) is 14.0. The van der Waals surface area contributed by atoms with Crippen LogP contribution in [0.15, 0.2) is 24.5 Å². The van der Waals surface area contributed by atoms with Crippen molar-refractivity contribution in [2.45, 2.75) is 57.3 Å². The van der Waals surface area contributed by atoms with Gasteiger partial charge in [-0.15, -0.1) is 0 Å². The van der Waals surface area contributed by atoms with Crippen molar-refractivity contribution in [3.8, 4) is 5.88 Å². The molecule has 184 valence electrons. The van der Waals surface area contributed by atoms with Gasteiger partial charge >= 0.3 is 6.09 Å². The van der Waals surface area contributed by atoms with Crippen molar-refractivity contribution in [3.63, 3.8) is 0 Å². The maximum atomic E-state index is 12.7. The Bertz CT molecular complexity index is 1160. The number of benzene rings is 1. The van der Waals surface area contributed by atoms with Crippen molar-refractivity contribution in [3.05, 3.63) is 46.5 Å². The molecule has 2 atom stereocenters. The highest BCUT2D eigenvalue weighted by atomic mass is 35.5. The van der Waals surface area contributed by atoms with Crippen molar-refractivity contribution in [1.82, 2.24) is 14.9 Å². The molecule has 2 bridgehead atoms. The predicted molar refractivity (Wildman–Crippen MR) is 130 cm³/mol. The molecule has 2 heterocycles. The van der Waals surface area contributed by atoms with Gasteiger partial charge in [-0.2, -0.15) is 0 Å². The lowest BCUT2D eigenvalue weighted by Gasteiger charge is -2.47. The molecule has 5 rings (SSSR count). The number of amides is 1. The molecule has 0 radical (unpaired) electrons. The molecule has 2 unspecified atom stereocenters. The fourth-order valence-electron chi connectivity index (χ4n) is 4.95. The van der Waals surface area contributed by atoms with E-state index in [0.29, 0.717) is 54.0 Å². The number of hydrogen-bond donors (Lipinski definition) is 2. The largest absolute Gasteiger partial charge is 0.473 e. The molecule has 1 aliphatic heterocycles. The first-order valence-corrected chi connectivity index (χ1v) is 12.2. The van der Waals surface area contributed by atoms with E-state index in [9.17, 15) is 9.90 Å². The van der Waals surface area contributed by atoms with Crippen LogP contribution in [0.4, 0.5) is 22.0 Å². The summed E-state index contributed by atoms with van der Waals surface area (Å²) >= 11 is 6.32. The Morgan fingerprint density at radius 1 is 1.29 bits per heavy atom. The van der Waals surface area contributed by atoms with Crippen LogP contribution in [-0.4, -0.2) is 57.0 Å². The summed E-state index contributed by atoms with van der Waals surface area (Å²) in [6.07, 6.45) is 3.49. The van der Waals surface area contributed by atoms with Crippen LogP contribution in [-0.2, 0) is 4.74 Å². The van der Waals surface area contributed by atoms with Gasteiger partial charge in [-0.1, -0.05) is 17.7 Å². The molecular weight excluding hydrogens is 470 g/mol. The number of aliphatic hydroxyl groups is 1. The van der Waals surface area contributed by atoms with Gasteiger partial charge in [0.05, 0.1) is 28.9 Å². The van der Waals surface area contributed by atoms with Crippen molar-refractivity contribution in [2.24, 2.45) is 11.8 Å². The molecule has 1 saturated heterocycles. The van der Waals surface area contributed by atoms with E-state index in [1.54, 1.807) is 23.1 Å². The SMILES string of the molecule is [C-]#[N+]c1ccc(Nc2ncnc(OC3C4CC(O)CC3CN(C(=O)OC3(C)CC3)C4)c2C)c(Cl)c1. The predicted octanol–water partition coefficient (Wildman–Crippen LogP) is 4.87. The molecule has 1 aromatic carbocycles. The lowest BCUT2D eigenvalue weighted by atomic mass is 9.74. The van der Waals surface area contributed by atoms with Gasteiger partial charge in [-0.3, -0.25) is 0 Å². The highest BCUT2D eigenvalue weighted by Crippen LogP contribution is 2.42. The molecule has 2 N–H and O–H groups in total. The zero-order valence-electron chi connectivity index (χ0n) is 19.7. The van der Waals surface area contributed by atoms with E-state index in [1.165, 1.54) is 6.33 Å². The van der Waals surface area contributed by atoms with Gasteiger partial charge in [0, 0.05) is 24.9 Å². The minimum Gasteiger partial charge on any atom is -0.473 e. The standard InChI is InChI=1S/C25H28ClN5O4/c1-14-22(30-20-5-4-17(27-3)10-19(20)26)28-13-29-23(14)34-21-15-8-18(32)9-16(21)12-31(11-15)24(33)35-25(2)6-7-25/h4-5,10,13,15-16,18,21,32H,6-9,11-12H2,1-2H3,(H,28,29,30). The molecule has 1 aromatic heterocycles. The number of piperidine rings is 1. The number of anilines is 2. The normalized spacial score (nSPS) is 26.4. The first-order chi connectivity index (χ1) is 16.7. The summed E-state index contributed by atoms with van der Waals surface area (Å²) in [6.45, 7) is 11.9. The van der Waals surface area contributed by atoms with Crippen LogP contribution in [0.1, 0.15) is 38.2 Å². The molecule has 3 fully saturated rings. The minimum absolute atomic E-state index is 0.0292. The van der Waals surface area contributed by atoms with Gasteiger partial charge in [0.15, 0.2) is 5.69 Å². The Morgan fingerprint density at radius 2 is 2.00 bits per heavy atom. The van der Waals surface area contributed by atoms with Gasteiger partial charge in [0.2, 0.25) is 5.88 Å². The summed E-state index contributed by atoms with van der Waals surface area (Å²) < 4.78 is 12.1. The monoisotopic (exact) mass is 497 g/mol. The smallest absolute Gasteiger partial charge is 0.410 e. The average Bonchev–Trinajstić information content (AvgIpc) is 3.54. The maximum Gasteiger partial charge on any atom is 0.410 e. The lowest BCUT2D eigenvalue weighted by molar-refractivity contribution is -0.0759. The Morgan fingerprint density at radius 3 is 2.63 bits per heavy atom. The summed E-state index contributed by atoms with van der Waals surface area (Å²) in [4.78, 5) is 26.6. The Hall–Kier alpha value is -3.09. The molecule has 35 heavy (non-hydrogen) atoms. The van der Waals surface area contributed by atoms with Crippen LogP contribution in [0.3, 0.4) is 0 Å². The second-order valence-corrected chi connectivity index (χ2v) is 10.4. The highest BCUT2D eigenvalue weighted by Gasteiger charge is 2.48. The number of ether oxygens (including phenoxy) is 2. The lowest BCUT2D eigenvalue weighted by Crippen LogP contribution is -2.58. The molecule has 2 aromatic rings. The van der Waals surface area contributed by atoms with Gasteiger partial charge in [0.1, 0.15) is 23.9 Å². The van der Waals surface area contributed by atoms with Crippen molar-refractivity contribution in [2.75, 3.05) is 18.4 Å². The molecule has 1 amide bonds. The number of likely N-dealkylation sites (tertiary alicyclic amines) is 1. The average molecular weight is 498 g/mol. The zero-order valence-corrected chi connectivity index (χ0v) is 20.5. The van der Waals surface area contributed by atoms with Crippen LogP contribution in [0, 0.1) is 25.3 Å². The van der Waals surface area contributed by atoms with Crippen LogP contribution in [0.25, 0.3) is 4.85 Å². The Labute approximate surface area is 209 Å². The van der Waals surface area contributed by atoms with E-state index in [1.807, 2.05) is 13.8 Å². The number of halogens is 1. The first kappa shape index (κ1) is 23.6. The van der Waals surface area contributed by atoms with Gasteiger partial charge in [0.25, 0.3) is 0 Å². The van der Waals surface area contributed by atoms with E-state index < -0.39 is 6.10 Å². The number of hydrogen-bond acceptors (Lipinski definition) is 7. The molecule has 2 aliphatic carbocycles. The number of carbonyl (C=O) groups is 1. The molecular formula is C25H28ClN5O4. The second kappa shape index (κ2) is 9.17. The number of nitrogens with zero attached hydrogens (tertiary/aromatic N) is 4. The number of aliphatic hydroxyl groups excluding tert-OH is 1. The molecule has 10 heteroatoms. The van der Waals surface area contributed by atoms with Crippen LogP contribution in [0.2, 0.25) is 5.02 Å². The topological polar surface area (TPSA) is 101 Å². The minimum atomic E-state index is -0.409. The Kier molecular flexibility index (Phi) is 6.20. The third-order valence-electron chi connectivity index (χ3n) is 7.16. The molecule has 0 spiro atoms. The first-order valence-electron chi connectivity index (χ1n) is 11.8. The number of aromatic nitrogens is 2. The number of rotatable bonds is 5. The van der Waals surface area contributed by atoms with Gasteiger partial charge in [-0.05, 0) is 51.7 Å². The fourth-order valence-corrected chi connectivity index (χ4v) is 5.17. The van der Waals surface area contributed by atoms with E-state index in [4.69, 9.17) is 27.6 Å². The van der Waals surface area contributed by atoms with Crippen LogP contribution in [0.5, 0.6) is 5.88 Å². The van der Waals surface area contributed by atoms with Crippen LogP contribution >= 0.6 is 11.6 Å². The summed E-state index contributed by atoms with van der Waals surface area (Å²) in [5.41, 5.74) is 1.49. The number of fused-ring (bicyclic) bond motifs is 2. The summed E-state index contributed by atoms with van der Waals surface area (Å²) in [7, 11) is 0. The molecule has 9 nitrogen and oxygen atoms in total. The van der Waals surface area contributed by atoms with Crippen molar-refractivity contribution < 1.29 is 19.4 Å². The summed E-state index contributed by atoms with van der Waals surface area (Å²) in [5.74, 6) is 0.947. The molecule has 3 aliphatic rings. The molecule has 2 saturated carbocycles. The van der Waals surface area contributed by atoms with Crippen molar-refractivity contribution >= 4 is 34.9 Å². The van der Waals surface area contributed by atoms with E-state index in [-0.39, 0.29) is 29.6 Å². The summed E-state index contributed by atoms with van der Waals surface area (Å²) in [6, 6.07) is 5.02. The van der Waals surface area contributed by atoms with Crippen molar-refractivity contribution in [1.29, 1.82) is 0 Å². The van der Waals surface area contributed by atoms with Gasteiger partial charge < -0.3 is 24.8 Å². The van der Waals surface area contributed by atoms with E-state index in [0.717, 1.165) is 18.4 Å². The van der Waals surface area contributed by atoms with Crippen LogP contribution < -0.4 is 10.1 Å². The number of carbonyl (C=O) groups excluding carboxylic acids is 1. The number of nitrogens with one attached hydrogen (secondary N) is 1. The highest BCUT2D eigenvalue weighted by molar-refractivity contribution is 6.33.